The summed E-state index contributed by atoms with van der Waals surface area (Å²) in [6, 6.07) is 18.3. The van der Waals surface area contributed by atoms with E-state index in [1.807, 2.05) is 30.3 Å². The maximum absolute atomic E-state index is 9.75. The van der Waals surface area contributed by atoms with Crippen LogP contribution in [0, 0.1) is 0 Å². The van der Waals surface area contributed by atoms with Crippen LogP contribution in [0.3, 0.4) is 0 Å². The van der Waals surface area contributed by atoms with Gasteiger partial charge in [-0.2, -0.15) is 0 Å². The largest absolute Gasteiger partial charge is 1.00 e. The van der Waals surface area contributed by atoms with Crippen molar-refractivity contribution in [3.8, 4) is 11.3 Å². The van der Waals surface area contributed by atoms with Gasteiger partial charge in [0.2, 0.25) is 0 Å². The van der Waals surface area contributed by atoms with Crippen LogP contribution >= 0.6 is 11.6 Å². The summed E-state index contributed by atoms with van der Waals surface area (Å²) >= 11 is 6.13. The van der Waals surface area contributed by atoms with Crippen molar-refractivity contribution in [2.24, 2.45) is 0 Å². The Labute approximate surface area is 125 Å². The Morgan fingerprint density at radius 2 is 1.52 bits per heavy atom. The van der Waals surface area contributed by atoms with Gasteiger partial charge in [-0.1, -0.05) is 54.1 Å². The first-order valence-electron chi connectivity index (χ1n) is 6.04. The second-order valence-corrected chi connectivity index (χ2v) is 4.66. The molecule has 1 N–H and O–H groups in total. The summed E-state index contributed by atoms with van der Waals surface area (Å²) < 4.78 is 39.0. The zero-order valence-corrected chi connectivity index (χ0v) is 11.4. The van der Waals surface area contributed by atoms with Crippen molar-refractivity contribution in [2.45, 2.75) is 0 Å². The Bertz CT molecular complexity index is 725. The van der Waals surface area contributed by atoms with Crippen molar-refractivity contribution in [1.82, 2.24) is 4.98 Å². The normalized spacial score (nSPS) is 11.1. The number of aromatic nitrogens is 1. The Morgan fingerprint density at radius 3 is 2.10 bits per heavy atom. The molecule has 0 fully saturated rings. The molecule has 0 atom stereocenters. The molecule has 0 unspecified atom stereocenters. The fourth-order valence-electron chi connectivity index (χ4n) is 1.89. The van der Waals surface area contributed by atoms with E-state index in [0.717, 1.165) is 21.6 Å². The van der Waals surface area contributed by atoms with Crippen LogP contribution in [0.25, 0.3) is 22.2 Å². The number of aromatic amines is 1. The first kappa shape index (κ1) is 15.4. The molecular weight excluding hydrogens is 304 g/mol. The number of nitrogens with one attached hydrogen (secondary N) is 1. The topological polar surface area (TPSA) is 15.8 Å². The van der Waals surface area contributed by atoms with Crippen molar-refractivity contribution in [3.05, 3.63) is 59.6 Å². The summed E-state index contributed by atoms with van der Waals surface area (Å²) in [4.78, 5) is 3.35. The molecule has 0 aliphatic rings. The van der Waals surface area contributed by atoms with Crippen molar-refractivity contribution in [1.29, 1.82) is 0 Å². The van der Waals surface area contributed by atoms with Crippen LogP contribution in [-0.4, -0.2) is 12.2 Å². The summed E-state index contributed by atoms with van der Waals surface area (Å²) in [5.41, 5.74) is 3.28. The fourth-order valence-corrected chi connectivity index (χ4v) is 2.12. The molecule has 0 saturated carbocycles. The smallest absolute Gasteiger partial charge is 0.418 e. The predicted molar refractivity (Wildman–Crippen MR) is 80.0 cm³/mol. The minimum absolute atomic E-state index is 0. The van der Waals surface area contributed by atoms with Gasteiger partial charge in [0.05, 0.1) is 10.5 Å². The highest BCUT2D eigenvalue weighted by molar-refractivity contribution is 6.50. The molecule has 1 nitrogen and oxygen atoms in total. The molecule has 1 aromatic heterocycles. The highest BCUT2D eigenvalue weighted by Gasteiger charge is 2.20. The van der Waals surface area contributed by atoms with Gasteiger partial charge in [0.15, 0.2) is 0 Å². The number of rotatable bonds is 1. The average molecular weight is 316 g/mol. The molecule has 0 aliphatic carbocycles. The van der Waals surface area contributed by atoms with Gasteiger partial charge in [-0.05, 0) is 17.7 Å². The number of hydrogen-bond acceptors (Lipinski definition) is 0. The third-order valence-corrected chi connectivity index (χ3v) is 3.01. The van der Waals surface area contributed by atoms with E-state index in [9.17, 15) is 17.3 Å². The molecular formula is C14H11BClF4N. The Hall–Kier alpha value is -1.95. The summed E-state index contributed by atoms with van der Waals surface area (Å²) in [7, 11) is -6.00. The zero-order valence-electron chi connectivity index (χ0n) is 11.7. The van der Waals surface area contributed by atoms with Crippen LogP contribution < -0.4 is 0 Å². The first-order valence-corrected chi connectivity index (χ1v) is 6.42. The van der Waals surface area contributed by atoms with E-state index >= 15 is 0 Å². The molecule has 0 bridgehead atoms. The molecule has 3 aromatic rings. The van der Waals surface area contributed by atoms with Gasteiger partial charge in [-0.25, -0.2) is 0 Å². The van der Waals surface area contributed by atoms with Crippen LogP contribution in [0.5, 0.6) is 0 Å². The molecule has 0 amide bonds. The summed E-state index contributed by atoms with van der Waals surface area (Å²) in [6.07, 6.45) is 0. The van der Waals surface area contributed by atoms with Crippen molar-refractivity contribution < 1.29 is 18.7 Å². The highest BCUT2D eigenvalue weighted by Crippen LogP contribution is 2.28. The molecule has 7 heteroatoms. The quantitative estimate of drug-likeness (QED) is 0.425. The number of halogens is 5. The van der Waals surface area contributed by atoms with Crippen molar-refractivity contribution >= 4 is 29.8 Å². The Morgan fingerprint density at radius 1 is 0.905 bits per heavy atom. The molecule has 3 rings (SSSR count). The van der Waals surface area contributed by atoms with E-state index in [-0.39, 0.29) is 1.43 Å². The van der Waals surface area contributed by atoms with E-state index in [2.05, 4.69) is 29.2 Å². The third kappa shape index (κ3) is 4.53. The van der Waals surface area contributed by atoms with Crippen molar-refractivity contribution in [3.63, 3.8) is 0 Å². The van der Waals surface area contributed by atoms with Crippen molar-refractivity contribution in [2.75, 3.05) is 0 Å². The summed E-state index contributed by atoms with van der Waals surface area (Å²) in [6.45, 7) is 0. The van der Waals surface area contributed by atoms with Gasteiger partial charge >= 0.3 is 8.68 Å². The lowest BCUT2D eigenvalue weighted by Crippen LogP contribution is -2.02. The molecule has 110 valence electrons. The average Bonchev–Trinajstić information content (AvgIpc) is 2.83. The van der Waals surface area contributed by atoms with Crippen LogP contribution in [0.4, 0.5) is 17.3 Å². The number of fused-ring (bicyclic) bond motifs is 1. The monoisotopic (exact) mass is 315 g/mol. The van der Waals surface area contributed by atoms with E-state index in [1.165, 1.54) is 5.56 Å². The van der Waals surface area contributed by atoms with Crippen LogP contribution in [0.2, 0.25) is 5.02 Å². The zero-order chi connectivity index (χ0) is 15.5. The highest BCUT2D eigenvalue weighted by atomic mass is 35.5. The molecule has 0 radical (unpaired) electrons. The lowest BCUT2D eigenvalue weighted by atomic mass is 10.1. The SMILES string of the molecule is Clc1cccc2cc(-c3ccccc3)[nH]c12.F[B-](F)(F)F.[H+]. The van der Waals surface area contributed by atoms with Gasteiger partial charge in [-0.3, -0.25) is 0 Å². The minimum atomic E-state index is -6.00. The van der Waals surface area contributed by atoms with E-state index in [4.69, 9.17) is 11.6 Å². The molecule has 1 heterocycles. The molecule has 0 spiro atoms. The van der Waals surface area contributed by atoms with Gasteiger partial charge in [-0.15, -0.1) is 0 Å². The standard InChI is InChI=1S/C14H10ClN.BF4/c15-12-8-4-7-11-9-13(16-14(11)12)10-5-2-1-3-6-10;2-1(3,4)5/h1-9,16H;/q;-1/p+1. The van der Waals surface area contributed by atoms with Crippen LogP contribution in [-0.2, 0) is 0 Å². The summed E-state index contributed by atoms with van der Waals surface area (Å²) in [5.74, 6) is 0. The van der Waals surface area contributed by atoms with Crippen LogP contribution in [0.15, 0.2) is 54.6 Å². The number of hydrogen-bond donors (Lipinski definition) is 1. The first-order chi connectivity index (χ1) is 9.84. The predicted octanol–water partition coefficient (Wildman–Crippen LogP) is 5.90. The molecule has 21 heavy (non-hydrogen) atoms. The van der Waals surface area contributed by atoms with E-state index < -0.39 is 7.25 Å². The second-order valence-electron chi connectivity index (χ2n) is 4.25. The third-order valence-electron chi connectivity index (χ3n) is 2.69. The summed E-state index contributed by atoms with van der Waals surface area (Å²) in [5, 5.41) is 1.91. The fraction of sp³-hybridized carbons (Fsp3) is 0. The van der Waals surface area contributed by atoms with Gasteiger partial charge < -0.3 is 22.2 Å². The molecule has 0 aliphatic heterocycles. The maximum Gasteiger partial charge on any atom is 1.00 e. The maximum atomic E-state index is 9.75. The second kappa shape index (κ2) is 6.22. The minimum Gasteiger partial charge on any atom is -0.418 e. The number of H-pyrrole nitrogens is 1. The number of benzene rings is 2. The van der Waals surface area contributed by atoms with Gasteiger partial charge in [0.1, 0.15) is 0 Å². The Balaban J connectivity index is 0.000000356. The van der Waals surface area contributed by atoms with Gasteiger partial charge in [0, 0.05) is 11.1 Å². The lowest BCUT2D eigenvalue weighted by molar-refractivity contribution is 0.368. The molecule has 2 aromatic carbocycles. The van der Waals surface area contributed by atoms with E-state index in [1.54, 1.807) is 0 Å². The van der Waals surface area contributed by atoms with Gasteiger partial charge in [0.25, 0.3) is 0 Å². The van der Waals surface area contributed by atoms with Crippen LogP contribution in [0.1, 0.15) is 1.43 Å². The number of para-hydroxylation sites is 1. The lowest BCUT2D eigenvalue weighted by Gasteiger charge is -1.95. The molecule has 0 saturated heterocycles. The van der Waals surface area contributed by atoms with E-state index in [0.29, 0.717) is 0 Å². The Kier molecular flexibility index (Phi) is 4.58.